The SMILES string of the molecule is CC#CCOC1(C(=O)c2c(F)ncn2[C@H](C)c2ccccc2)OCCO1. The fraction of sp³-hybridized carbons (Fsp3) is 0.368. The second kappa shape index (κ2) is 7.79. The van der Waals surface area contributed by atoms with E-state index in [-0.39, 0.29) is 31.6 Å². The summed E-state index contributed by atoms with van der Waals surface area (Å²) in [5.74, 6) is 1.66. The summed E-state index contributed by atoms with van der Waals surface area (Å²) in [6.07, 6.45) is 1.29. The van der Waals surface area contributed by atoms with Gasteiger partial charge >= 0.3 is 5.97 Å². The number of hydrogen-bond acceptors (Lipinski definition) is 5. The molecule has 1 atom stereocenters. The average molecular weight is 358 g/mol. The van der Waals surface area contributed by atoms with E-state index in [1.807, 2.05) is 37.3 Å². The molecule has 0 amide bonds. The first-order valence-electron chi connectivity index (χ1n) is 8.22. The topological polar surface area (TPSA) is 62.6 Å². The van der Waals surface area contributed by atoms with Crippen LogP contribution in [-0.2, 0) is 14.2 Å². The van der Waals surface area contributed by atoms with E-state index in [9.17, 15) is 9.18 Å². The van der Waals surface area contributed by atoms with Crippen molar-refractivity contribution in [2.45, 2.75) is 25.9 Å². The smallest absolute Gasteiger partial charge is 0.318 e. The molecule has 1 aromatic carbocycles. The average Bonchev–Trinajstić information content (AvgIpc) is 3.29. The Morgan fingerprint density at radius 2 is 2.08 bits per heavy atom. The highest BCUT2D eigenvalue weighted by Gasteiger charge is 2.49. The van der Waals surface area contributed by atoms with E-state index in [4.69, 9.17) is 14.2 Å². The quantitative estimate of drug-likeness (QED) is 0.587. The first-order valence-corrected chi connectivity index (χ1v) is 8.22. The van der Waals surface area contributed by atoms with Crippen molar-refractivity contribution in [1.82, 2.24) is 9.55 Å². The van der Waals surface area contributed by atoms with E-state index in [0.29, 0.717) is 0 Å². The number of benzene rings is 1. The van der Waals surface area contributed by atoms with Gasteiger partial charge in [-0.3, -0.25) is 4.79 Å². The predicted molar refractivity (Wildman–Crippen MR) is 90.8 cm³/mol. The van der Waals surface area contributed by atoms with E-state index >= 15 is 0 Å². The molecule has 1 aliphatic heterocycles. The number of halogens is 1. The molecule has 0 saturated carbocycles. The molecule has 0 radical (unpaired) electrons. The largest absolute Gasteiger partial charge is 0.354 e. The molecule has 6 nitrogen and oxygen atoms in total. The minimum Gasteiger partial charge on any atom is -0.318 e. The van der Waals surface area contributed by atoms with Crippen LogP contribution >= 0.6 is 0 Å². The van der Waals surface area contributed by atoms with Gasteiger partial charge in [0.1, 0.15) is 6.61 Å². The predicted octanol–water partition coefficient (Wildman–Crippen LogP) is 2.55. The Hall–Kier alpha value is -2.53. The molecular formula is C19H19FN2O4. The van der Waals surface area contributed by atoms with Gasteiger partial charge in [0.05, 0.1) is 25.6 Å². The number of rotatable bonds is 6. The van der Waals surface area contributed by atoms with E-state index in [2.05, 4.69) is 16.8 Å². The van der Waals surface area contributed by atoms with Gasteiger partial charge in [-0.2, -0.15) is 4.39 Å². The molecule has 1 fully saturated rings. The van der Waals surface area contributed by atoms with E-state index < -0.39 is 17.7 Å². The van der Waals surface area contributed by atoms with E-state index in [0.717, 1.165) is 5.56 Å². The molecule has 0 spiro atoms. The van der Waals surface area contributed by atoms with Gasteiger partial charge in [-0.15, -0.1) is 5.92 Å². The third-order valence-electron chi connectivity index (χ3n) is 4.12. The van der Waals surface area contributed by atoms with Gasteiger partial charge in [0.15, 0.2) is 5.69 Å². The molecule has 1 aliphatic rings. The van der Waals surface area contributed by atoms with Gasteiger partial charge in [-0.1, -0.05) is 36.3 Å². The highest BCUT2D eigenvalue weighted by molar-refractivity contribution is 5.99. The van der Waals surface area contributed by atoms with Gasteiger partial charge < -0.3 is 18.8 Å². The standard InChI is InChI=1S/C19H19FN2O4/c1-3-4-10-24-19(25-11-12-26-19)17(23)16-18(20)21-13-22(16)14(2)15-8-6-5-7-9-15/h5-9,13-14H,10-12H2,1-2H3/t14-/m1/s1. The van der Waals surface area contributed by atoms with Crippen LogP contribution in [0, 0.1) is 17.8 Å². The van der Waals surface area contributed by atoms with E-state index in [1.165, 1.54) is 10.9 Å². The number of carbonyl (C=O) groups excluding carboxylic acids is 1. The van der Waals surface area contributed by atoms with Crippen LogP contribution in [0.4, 0.5) is 4.39 Å². The summed E-state index contributed by atoms with van der Waals surface area (Å²) >= 11 is 0. The van der Waals surface area contributed by atoms with Crippen molar-refractivity contribution in [3.8, 4) is 11.8 Å². The Kier molecular flexibility index (Phi) is 5.47. The lowest BCUT2D eigenvalue weighted by Gasteiger charge is -2.25. The van der Waals surface area contributed by atoms with Crippen LogP contribution in [0.3, 0.4) is 0 Å². The third kappa shape index (κ3) is 3.40. The van der Waals surface area contributed by atoms with Crippen molar-refractivity contribution in [2.24, 2.45) is 0 Å². The lowest BCUT2D eigenvalue weighted by atomic mass is 10.1. The number of hydrogen-bond donors (Lipinski definition) is 0. The normalized spacial score (nSPS) is 16.7. The maximum Gasteiger partial charge on any atom is 0.354 e. The Labute approximate surface area is 150 Å². The van der Waals surface area contributed by atoms with E-state index in [1.54, 1.807) is 6.92 Å². The number of ketones is 1. The van der Waals surface area contributed by atoms with Crippen LogP contribution in [0.25, 0.3) is 0 Å². The van der Waals surface area contributed by atoms with Crippen molar-refractivity contribution < 1.29 is 23.4 Å². The van der Waals surface area contributed by atoms with Crippen molar-refractivity contribution in [1.29, 1.82) is 0 Å². The van der Waals surface area contributed by atoms with Crippen molar-refractivity contribution in [3.63, 3.8) is 0 Å². The molecule has 136 valence electrons. The molecule has 0 unspecified atom stereocenters. The fourth-order valence-electron chi connectivity index (χ4n) is 2.76. The minimum absolute atomic E-state index is 0.0771. The van der Waals surface area contributed by atoms with Crippen molar-refractivity contribution in [2.75, 3.05) is 19.8 Å². The third-order valence-corrected chi connectivity index (χ3v) is 4.12. The Balaban J connectivity index is 1.96. The second-order valence-electron chi connectivity index (χ2n) is 5.68. The van der Waals surface area contributed by atoms with Crippen LogP contribution in [0.5, 0.6) is 0 Å². The van der Waals surface area contributed by atoms with Crippen LogP contribution in [-0.4, -0.2) is 41.1 Å². The molecule has 1 saturated heterocycles. The van der Waals surface area contributed by atoms with Crippen LogP contribution in [0.2, 0.25) is 0 Å². The summed E-state index contributed by atoms with van der Waals surface area (Å²) in [6, 6.07) is 9.09. The summed E-state index contributed by atoms with van der Waals surface area (Å²) < 4.78 is 32.1. The Morgan fingerprint density at radius 1 is 1.38 bits per heavy atom. The van der Waals surface area contributed by atoms with Crippen LogP contribution in [0.1, 0.15) is 35.9 Å². The molecule has 0 bridgehead atoms. The lowest BCUT2D eigenvalue weighted by molar-refractivity contribution is -0.285. The molecular weight excluding hydrogens is 339 g/mol. The fourth-order valence-corrected chi connectivity index (χ4v) is 2.76. The van der Waals surface area contributed by atoms with Gasteiger partial charge in [0.2, 0.25) is 5.95 Å². The Morgan fingerprint density at radius 3 is 2.73 bits per heavy atom. The molecule has 2 heterocycles. The number of imidazole rings is 1. The minimum atomic E-state index is -2.00. The number of aromatic nitrogens is 2. The molecule has 1 aromatic heterocycles. The number of ether oxygens (including phenoxy) is 3. The molecule has 7 heteroatoms. The number of Topliss-reactive ketones (excluding diaryl/α,β-unsaturated/α-hetero) is 1. The summed E-state index contributed by atoms with van der Waals surface area (Å²) in [7, 11) is 0. The maximum absolute atomic E-state index is 14.4. The molecule has 3 rings (SSSR count). The highest BCUT2D eigenvalue weighted by Crippen LogP contribution is 2.29. The van der Waals surface area contributed by atoms with Gasteiger partial charge in [0, 0.05) is 0 Å². The Bertz CT molecular complexity index is 832. The molecule has 2 aromatic rings. The molecule has 0 N–H and O–H groups in total. The lowest BCUT2D eigenvalue weighted by Crippen LogP contribution is -2.44. The maximum atomic E-state index is 14.4. The summed E-state index contributed by atoms with van der Waals surface area (Å²) in [4.78, 5) is 16.7. The first kappa shape index (κ1) is 18.3. The highest BCUT2D eigenvalue weighted by atomic mass is 19.1. The summed E-state index contributed by atoms with van der Waals surface area (Å²) in [5, 5.41) is 0. The molecule has 0 aliphatic carbocycles. The monoisotopic (exact) mass is 358 g/mol. The summed E-state index contributed by atoms with van der Waals surface area (Å²) in [6.45, 7) is 3.74. The van der Waals surface area contributed by atoms with Gasteiger partial charge in [0.25, 0.3) is 5.78 Å². The first-order chi connectivity index (χ1) is 12.6. The molecule has 26 heavy (non-hydrogen) atoms. The van der Waals surface area contributed by atoms with Gasteiger partial charge in [-0.05, 0) is 19.4 Å². The van der Waals surface area contributed by atoms with Crippen LogP contribution < -0.4 is 0 Å². The summed E-state index contributed by atoms with van der Waals surface area (Å²) in [5.41, 5.74) is 0.645. The zero-order chi connectivity index (χ0) is 18.6. The zero-order valence-corrected chi connectivity index (χ0v) is 14.6. The van der Waals surface area contributed by atoms with Crippen LogP contribution in [0.15, 0.2) is 36.7 Å². The number of nitrogens with zero attached hydrogens (tertiary/aromatic N) is 2. The van der Waals surface area contributed by atoms with Crippen molar-refractivity contribution >= 4 is 5.78 Å². The van der Waals surface area contributed by atoms with Gasteiger partial charge in [-0.25, -0.2) is 4.98 Å². The zero-order valence-electron chi connectivity index (χ0n) is 14.6. The number of carbonyl (C=O) groups is 1. The second-order valence-corrected chi connectivity index (χ2v) is 5.68. The van der Waals surface area contributed by atoms with Crippen molar-refractivity contribution in [3.05, 3.63) is 53.9 Å².